The van der Waals surface area contributed by atoms with Crippen LogP contribution in [0.2, 0.25) is 0 Å². The van der Waals surface area contributed by atoms with Gasteiger partial charge in [0.25, 0.3) is 0 Å². The van der Waals surface area contributed by atoms with Crippen molar-refractivity contribution < 1.29 is 13.2 Å². The number of tetrazole rings is 1. The second-order valence-electron chi connectivity index (χ2n) is 5.69. The number of benzene rings is 2. The number of primary amides is 1. The van der Waals surface area contributed by atoms with Crippen LogP contribution in [0, 0.1) is 0 Å². The van der Waals surface area contributed by atoms with E-state index in [0.29, 0.717) is 16.9 Å². The number of amides is 1. The summed E-state index contributed by atoms with van der Waals surface area (Å²) >= 11 is 0. The Bertz CT molecular complexity index is 1100. The Morgan fingerprint density at radius 3 is 2.33 bits per heavy atom. The van der Waals surface area contributed by atoms with Gasteiger partial charge in [0.2, 0.25) is 15.9 Å². The molecule has 0 saturated carbocycles. The summed E-state index contributed by atoms with van der Waals surface area (Å²) in [6.07, 6.45) is 0. The second kappa shape index (κ2) is 7.41. The molecule has 0 fully saturated rings. The maximum absolute atomic E-state index is 12.2. The van der Waals surface area contributed by atoms with Crippen LogP contribution in [-0.4, -0.2) is 34.1 Å². The largest absolute Gasteiger partial charge is 0.368 e. The Kier molecular flexibility index (Phi) is 5.03. The summed E-state index contributed by atoms with van der Waals surface area (Å²) in [7, 11) is -3.58. The molecule has 0 spiro atoms. The molecule has 1 heterocycles. The van der Waals surface area contributed by atoms with Gasteiger partial charge in [-0.3, -0.25) is 9.52 Å². The van der Waals surface area contributed by atoms with Crippen molar-refractivity contribution in [2.75, 3.05) is 4.72 Å². The summed E-state index contributed by atoms with van der Waals surface area (Å²) in [4.78, 5) is 23.0. The maximum atomic E-state index is 12.2. The van der Waals surface area contributed by atoms with Crippen molar-refractivity contribution in [3.05, 3.63) is 70.6 Å². The molecular formula is C16H16N6O4S. The number of hydrogen-bond acceptors (Lipinski definition) is 6. The Morgan fingerprint density at radius 1 is 1.04 bits per heavy atom. The summed E-state index contributed by atoms with van der Waals surface area (Å²) in [5, 5.41) is 7.24. The van der Waals surface area contributed by atoms with Gasteiger partial charge in [0, 0.05) is 5.69 Å². The average molecular weight is 388 g/mol. The normalized spacial score (nSPS) is 11.3. The molecule has 0 aliphatic carbocycles. The summed E-state index contributed by atoms with van der Waals surface area (Å²) in [5.74, 6) is -0.872. The van der Waals surface area contributed by atoms with E-state index in [1.807, 2.05) is 6.07 Å². The third kappa shape index (κ3) is 4.58. The fourth-order valence-electron chi connectivity index (χ4n) is 2.36. The zero-order chi connectivity index (χ0) is 19.4. The highest BCUT2D eigenvalue weighted by atomic mass is 32.2. The first kappa shape index (κ1) is 18.3. The zero-order valence-corrected chi connectivity index (χ0v) is 14.8. The quantitative estimate of drug-likeness (QED) is 0.577. The van der Waals surface area contributed by atoms with E-state index in [4.69, 9.17) is 5.73 Å². The van der Waals surface area contributed by atoms with Crippen molar-refractivity contribution in [3.63, 3.8) is 0 Å². The van der Waals surface area contributed by atoms with Gasteiger partial charge in [-0.05, 0) is 40.3 Å². The van der Waals surface area contributed by atoms with Crippen LogP contribution in [0.1, 0.15) is 5.56 Å². The molecule has 0 bridgehead atoms. The van der Waals surface area contributed by atoms with Gasteiger partial charge in [-0.15, -0.1) is 0 Å². The van der Waals surface area contributed by atoms with E-state index in [2.05, 4.69) is 15.1 Å². The summed E-state index contributed by atoms with van der Waals surface area (Å²) < 4.78 is 28.8. The molecule has 0 atom stereocenters. The van der Waals surface area contributed by atoms with E-state index < -0.39 is 21.6 Å². The van der Waals surface area contributed by atoms with E-state index >= 15 is 0 Å². The molecule has 3 N–H and O–H groups in total. The van der Waals surface area contributed by atoms with Gasteiger partial charge in [0.15, 0.2) is 0 Å². The minimum absolute atomic E-state index is 0.156. The first-order chi connectivity index (χ1) is 12.8. The predicted molar refractivity (Wildman–Crippen MR) is 97.5 cm³/mol. The summed E-state index contributed by atoms with van der Waals surface area (Å²) in [6, 6.07) is 14.8. The number of sulfonamides is 1. The lowest BCUT2D eigenvalue weighted by molar-refractivity contribution is -0.118. The molecule has 1 amide bonds. The molecule has 3 aromatic rings. The van der Waals surface area contributed by atoms with Crippen molar-refractivity contribution >= 4 is 21.6 Å². The number of carbonyl (C=O) groups excluding carboxylic acids is 1. The summed E-state index contributed by atoms with van der Waals surface area (Å²) in [6.45, 7) is -0.379. The molecule has 11 heteroatoms. The third-order valence-electron chi connectivity index (χ3n) is 3.53. The van der Waals surface area contributed by atoms with Crippen LogP contribution in [0.3, 0.4) is 0 Å². The van der Waals surface area contributed by atoms with Gasteiger partial charge in [-0.1, -0.05) is 30.3 Å². The highest BCUT2D eigenvalue weighted by Crippen LogP contribution is 2.15. The topological polar surface area (TPSA) is 142 Å². The van der Waals surface area contributed by atoms with Gasteiger partial charge in [-0.2, -0.15) is 9.36 Å². The van der Waals surface area contributed by atoms with Crippen LogP contribution in [-0.2, 0) is 27.1 Å². The molecule has 0 saturated heterocycles. The van der Waals surface area contributed by atoms with Crippen LogP contribution < -0.4 is 16.1 Å². The van der Waals surface area contributed by atoms with Crippen LogP contribution in [0.15, 0.2) is 59.4 Å². The Morgan fingerprint density at radius 2 is 1.70 bits per heavy atom. The lowest BCUT2D eigenvalue weighted by Crippen LogP contribution is -2.30. The molecule has 0 radical (unpaired) electrons. The van der Waals surface area contributed by atoms with E-state index in [1.165, 1.54) is 24.3 Å². The van der Waals surface area contributed by atoms with E-state index in [-0.39, 0.29) is 12.3 Å². The van der Waals surface area contributed by atoms with Crippen LogP contribution in [0.25, 0.3) is 5.69 Å². The maximum Gasteiger partial charge on any atom is 0.368 e. The van der Waals surface area contributed by atoms with E-state index in [1.54, 1.807) is 24.3 Å². The molecule has 0 unspecified atom stereocenters. The van der Waals surface area contributed by atoms with Crippen LogP contribution >= 0.6 is 0 Å². The monoisotopic (exact) mass is 388 g/mol. The number of nitrogens with one attached hydrogen (secondary N) is 1. The van der Waals surface area contributed by atoms with Crippen LogP contribution in [0.5, 0.6) is 0 Å². The first-order valence-electron chi connectivity index (χ1n) is 7.80. The number of hydrogen-bond donors (Lipinski definition) is 2. The number of aromatic nitrogens is 4. The smallest absolute Gasteiger partial charge is 0.368 e. The Labute approximate surface area is 154 Å². The van der Waals surface area contributed by atoms with E-state index in [9.17, 15) is 18.0 Å². The van der Waals surface area contributed by atoms with Gasteiger partial charge in [0.1, 0.15) is 6.54 Å². The lowest BCUT2D eigenvalue weighted by Gasteiger charge is -2.08. The molecule has 0 aliphatic heterocycles. The molecule has 10 nitrogen and oxygen atoms in total. The highest BCUT2D eigenvalue weighted by Gasteiger charge is 2.13. The second-order valence-corrected chi connectivity index (χ2v) is 7.41. The van der Waals surface area contributed by atoms with Gasteiger partial charge >= 0.3 is 5.69 Å². The standard InChI is InChI=1S/C16H16N6O4S/c17-15(23)10-21-16(24)22(20-19-21)14-8-6-13(7-9-14)18-27(25,26)11-12-4-2-1-3-5-12/h1-9,18H,10-11H2,(H2,17,23). The fraction of sp³-hybridized carbons (Fsp3) is 0.125. The van der Waals surface area contributed by atoms with Gasteiger partial charge < -0.3 is 5.73 Å². The molecule has 3 rings (SSSR count). The average Bonchev–Trinajstić information content (AvgIpc) is 2.96. The molecule has 1 aromatic heterocycles. The predicted octanol–water partition coefficient (Wildman–Crippen LogP) is -0.144. The first-order valence-corrected chi connectivity index (χ1v) is 9.45. The molecule has 0 aliphatic rings. The van der Waals surface area contributed by atoms with Crippen molar-refractivity contribution in [3.8, 4) is 5.69 Å². The van der Waals surface area contributed by atoms with Gasteiger partial charge in [-0.25, -0.2) is 13.2 Å². The molecule has 2 aromatic carbocycles. The zero-order valence-electron chi connectivity index (χ0n) is 14.0. The molecule has 140 valence electrons. The number of carbonyl (C=O) groups is 1. The lowest BCUT2D eigenvalue weighted by atomic mass is 10.2. The van der Waals surface area contributed by atoms with E-state index in [0.717, 1.165) is 9.36 Å². The molecular weight excluding hydrogens is 372 g/mol. The van der Waals surface area contributed by atoms with Crippen molar-refractivity contribution in [1.82, 2.24) is 19.8 Å². The van der Waals surface area contributed by atoms with Crippen molar-refractivity contribution in [2.45, 2.75) is 12.3 Å². The third-order valence-corrected chi connectivity index (χ3v) is 4.79. The highest BCUT2D eigenvalue weighted by molar-refractivity contribution is 7.91. The fourth-order valence-corrected chi connectivity index (χ4v) is 3.56. The minimum atomic E-state index is -3.58. The SMILES string of the molecule is NC(=O)Cn1nnn(-c2ccc(NS(=O)(=O)Cc3ccccc3)cc2)c1=O. The number of nitrogens with zero attached hydrogens (tertiary/aromatic N) is 4. The summed E-state index contributed by atoms with van der Waals surface area (Å²) in [5.41, 5.74) is 5.77. The number of anilines is 1. The van der Waals surface area contributed by atoms with Gasteiger partial charge in [0.05, 0.1) is 11.4 Å². The van der Waals surface area contributed by atoms with Crippen molar-refractivity contribution in [2.24, 2.45) is 5.73 Å². The van der Waals surface area contributed by atoms with Crippen LogP contribution in [0.4, 0.5) is 5.69 Å². The Hall–Kier alpha value is -3.47. The number of nitrogens with two attached hydrogens (primary N) is 1. The number of rotatable bonds is 7. The minimum Gasteiger partial charge on any atom is -0.368 e. The Balaban J connectivity index is 1.75. The molecule has 27 heavy (non-hydrogen) atoms. The van der Waals surface area contributed by atoms with Crippen molar-refractivity contribution in [1.29, 1.82) is 0 Å².